The van der Waals surface area contributed by atoms with Gasteiger partial charge in [0.05, 0.1) is 0 Å². The zero-order valence-corrected chi connectivity index (χ0v) is 14.5. The number of fused-ring (bicyclic) bond motifs is 2. The van der Waals surface area contributed by atoms with Crippen LogP contribution in [0, 0.1) is 5.92 Å². The molecule has 0 saturated carbocycles. The quantitative estimate of drug-likeness (QED) is 0.923. The van der Waals surface area contributed by atoms with E-state index in [0.717, 1.165) is 29.3 Å². The third kappa shape index (κ3) is 3.65. The van der Waals surface area contributed by atoms with E-state index in [9.17, 15) is 4.79 Å². The molecular weight excluding hydrogens is 316 g/mol. The van der Waals surface area contributed by atoms with Gasteiger partial charge in [-0.05, 0) is 61.7 Å². The highest BCUT2D eigenvalue weighted by molar-refractivity contribution is 7.99. The Morgan fingerprint density at radius 1 is 1.00 bits per heavy atom. The van der Waals surface area contributed by atoms with Gasteiger partial charge in [0.15, 0.2) is 0 Å². The fourth-order valence-corrected chi connectivity index (χ4v) is 4.57. The molecule has 4 heteroatoms. The second-order valence-corrected chi connectivity index (χ2v) is 7.91. The van der Waals surface area contributed by atoms with E-state index in [1.807, 2.05) is 42.5 Å². The number of carbonyl (C=O) groups excluding carboxylic acids is 1. The van der Waals surface area contributed by atoms with Crippen LogP contribution in [0.5, 0.6) is 0 Å². The van der Waals surface area contributed by atoms with E-state index >= 15 is 0 Å². The highest BCUT2D eigenvalue weighted by Gasteiger charge is 2.32. The molecular formula is C20H22N2OS. The number of benzene rings is 2. The summed E-state index contributed by atoms with van der Waals surface area (Å²) < 4.78 is 0. The first kappa shape index (κ1) is 15.7. The average molecular weight is 338 g/mol. The van der Waals surface area contributed by atoms with Gasteiger partial charge in [-0.3, -0.25) is 4.79 Å². The molecule has 2 aliphatic heterocycles. The van der Waals surface area contributed by atoms with Crippen LogP contribution in [-0.4, -0.2) is 36.5 Å². The molecule has 0 aliphatic carbocycles. The minimum atomic E-state index is 0.0544. The van der Waals surface area contributed by atoms with Gasteiger partial charge >= 0.3 is 0 Å². The van der Waals surface area contributed by atoms with E-state index in [-0.39, 0.29) is 5.91 Å². The molecule has 0 radical (unpaired) electrons. The molecule has 2 fully saturated rings. The van der Waals surface area contributed by atoms with Gasteiger partial charge in [0.1, 0.15) is 0 Å². The fourth-order valence-electron chi connectivity index (χ4n) is 3.73. The summed E-state index contributed by atoms with van der Waals surface area (Å²) >= 11 is 1.71. The zero-order valence-electron chi connectivity index (χ0n) is 13.7. The molecule has 2 heterocycles. The SMILES string of the molecule is O=C(N[C@@H]1C[C@@H]2CCN(C2)C1)c1ccc(Sc2ccccc2)cc1. The lowest BCUT2D eigenvalue weighted by atomic mass is 9.96. The molecule has 24 heavy (non-hydrogen) atoms. The Morgan fingerprint density at radius 3 is 2.50 bits per heavy atom. The lowest BCUT2D eigenvalue weighted by molar-refractivity contribution is 0.0909. The topological polar surface area (TPSA) is 32.3 Å². The van der Waals surface area contributed by atoms with Crippen LogP contribution in [0.1, 0.15) is 23.2 Å². The fraction of sp³-hybridized carbons (Fsp3) is 0.350. The predicted octanol–water partition coefficient (Wildman–Crippen LogP) is 3.66. The second-order valence-electron chi connectivity index (χ2n) is 6.76. The van der Waals surface area contributed by atoms with Crippen molar-refractivity contribution in [1.82, 2.24) is 10.2 Å². The van der Waals surface area contributed by atoms with Crippen molar-refractivity contribution in [2.75, 3.05) is 19.6 Å². The molecule has 1 amide bonds. The van der Waals surface area contributed by atoms with E-state index in [1.54, 1.807) is 11.8 Å². The van der Waals surface area contributed by atoms with Gasteiger partial charge in [-0.25, -0.2) is 0 Å². The number of carbonyl (C=O) groups is 1. The van der Waals surface area contributed by atoms with Gasteiger partial charge in [-0.2, -0.15) is 0 Å². The summed E-state index contributed by atoms with van der Waals surface area (Å²) in [4.78, 5) is 17.3. The van der Waals surface area contributed by atoms with E-state index in [1.165, 1.54) is 24.4 Å². The number of piperidine rings is 1. The molecule has 1 unspecified atom stereocenters. The summed E-state index contributed by atoms with van der Waals surface area (Å²) in [5, 5.41) is 3.22. The monoisotopic (exact) mass is 338 g/mol. The molecule has 2 aliphatic rings. The molecule has 2 aromatic carbocycles. The minimum Gasteiger partial charge on any atom is -0.348 e. The van der Waals surface area contributed by atoms with Gasteiger partial charge in [0, 0.05) is 34.5 Å². The molecule has 124 valence electrons. The number of amides is 1. The maximum absolute atomic E-state index is 12.5. The Kier molecular flexibility index (Phi) is 4.58. The van der Waals surface area contributed by atoms with Crippen molar-refractivity contribution in [3.8, 4) is 0 Å². The smallest absolute Gasteiger partial charge is 0.251 e. The van der Waals surface area contributed by atoms with Gasteiger partial charge in [-0.15, -0.1) is 0 Å². The van der Waals surface area contributed by atoms with E-state index in [0.29, 0.717) is 6.04 Å². The largest absolute Gasteiger partial charge is 0.348 e. The number of nitrogens with zero attached hydrogens (tertiary/aromatic N) is 1. The molecule has 1 N–H and O–H groups in total. The van der Waals surface area contributed by atoms with Gasteiger partial charge in [0.2, 0.25) is 0 Å². The molecule has 2 aromatic rings. The van der Waals surface area contributed by atoms with Crippen molar-refractivity contribution in [2.24, 2.45) is 5.92 Å². The van der Waals surface area contributed by atoms with Crippen molar-refractivity contribution >= 4 is 17.7 Å². The van der Waals surface area contributed by atoms with Crippen molar-refractivity contribution in [2.45, 2.75) is 28.7 Å². The first-order valence-electron chi connectivity index (χ1n) is 8.62. The second kappa shape index (κ2) is 6.99. The van der Waals surface area contributed by atoms with Crippen LogP contribution in [0.4, 0.5) is 0 Å². The lowest BCUT2D eigenvalue weighted by Crippen LogP contribution is -2.47. The van der Waals surface area contributed by atoms with Crippen LogP contribution in [0.3, 0.4) is 0 Å². The Hall–Kier alpha value is -1.78. The maximum Gasteiger partial charge on any atom is 0.251 e. The maximum atomic E-state index is 12.5. The van der Waals surface area contributed by atoms with Crippen molar-refractivity contribution in [3.63, 3.8) is 0 Å². The summed E-state index contributed by atoms with van der Waals surface area (Å²) in [7, 11) is 0. The van der Waals surface area contributed by atoms with Gasteiger partial charge < -0.3 is 10.2 Å². The Bertz CT molecular complexity index is 689. The summed E-state index contributed by atoms with van der Waals surface area (Å²) in [5.41, 5.74) is 0.750. The summed E-state index contributed by atoms with van der Waals surface area (Å²) in [6.07, 6.45) is 2.42. The highest BCUT2D eigenvalue weighted by atomic mass is 32.2. The molecule has 2 saturated heterocycles. The minimum absolute atomic E-state index is 0.0544. The molecule has 2 bridgehead atoms. The Labute approximate surface area is 147 Å². The van der Waals surface area contributed by atoms with Crippen LogP contribution in [-0.2, 0) is 0 Å². The van der Waals surface area contributed by atoms with Crippen LogP contribution in [0.15, 0.2) is 64.4 Å². The van der Waals surface area contributed by atoms with Crippen molar-refractivity contribution in [1.29, 1.82) is 0 Å². The lowest BCUT2D eigenvalue weighted by Gasteiger charge is -2.30. The normalized spacial score (nSPS) is 25.4. The van der Waals surface area contributed by atoms with E-state index in [2.05, 4.69) is 22.3 Å². The van der Waals surface area contributed by atoms with Crippen LogP contribution < -0.4 is 5.32 Å². The molecule has 3 nitrogen and oxygen atoms in total. The Balaban J connectivity index is 1.36. The number of hydrogen-bond donors (Lipinski definition) is 1. The summed E-state index contributed by atoms with van der Waals surface area (Å²) in [5.74, 6) is 0.826. The highest BCUT2D eigenvalue weighted by Crippen LogP contribution is 2.28. The Morgan fingerprint density at radius 2 is 1.75 bits per heavy atom. The molecule has 0 spiro atoms. The molecule has 3 atom stereocenters. The average Bonchev–Trinajstić information content (AvgIpc) is 2.95. The number of nitrogens with one attached hydrogen (secondary N) is 1. The first-order valence-corrected chi connectivity index (χ1v) is 9.44. The van der Waals surface area contributed by atoms with Gasteiger partial charge in [0.25, 0.3) is 5.91 Å². The van der Waals surface area contributed by atoms with Crippen LogP contribution >= 0.6 is 11.8 Å². The number of hydrogen-bond acceptors (Lipinski definition) is 3. The van der Waals surface area contributed by atoms with Crippen molar-refractivity contribution < 1.29 is 4.79 Å². The van der Waals surface area contributed by atoms with Crippen LogP contribution in [0.2, 0.25) is 0 Å². The van der Waals surface area contributed by atoms with E-state index in [4.69, 9.17) is 0 Å². The summed E-state index contributed by atoms with van der Waals surface area (Å²) in [6, 6.07) is 18.5. The first-order chi connectivity index (χ1) is 11.8. The van der Waals surface area contributed by atoms with E-state index < -0.39 is 0 Å². The third-order valence-electron chi connectivity index (χ3n) is 4.90. The van der Waals surface area contributed by atoms with Crippen molar-refractivity contribution in [3.05, 3.63) is 60.2 Å². The predicted molar refractivity (Wildman–Crippen MR) is 97.4 cm³/mol. The molecule has 4 rings (SSSR count). The zero-order chi connectivity index (χ0) is 16.4. The number of rotatable bonds is 4. The molecule has 0 aromatic heterocycles. The standard InChI is InChI=1S/C20H22N2OS/c23-20(21-17-12-15-10-11-22(13-15)14-17)16-6-8-19(9-7-16)24-18-4-2-1-3-5-18/h1-9,15,17H,10-14H2,(H,21,23)/t15-,17+/m0/s1. The summed E-state index contributed by atoms with van der Waals surface area (Å²) in [6.45, 7) is 3.42. The van der Waals surface area contributed by atoms with Crippen LogP contribution in [0.25, 0.3) is 0 Å². The van der Waals surface area contributed by atoms with Gasteiger partial charge in [-0.1, -0.05) is 30.0 Å². The third-order valence-corrected chi connectivity index (χ3v) is 5.91.